The lowest BCUT2D eigenvalue weighted by molar-refractivity contribution is 0.886. The van der Waals surface area contributed by atoms with E-state index in [0.717, 1.165) is 15.8 Å². The van der Waals surface area contributed by atoms with E-state index in [9.17, 15) is 0 Å². The largest absolute Gasteiger partial charge is 0.353 e. The highest BCUT2D eigenvalue weighted by Gasteiger charge is 2.13. The van der Waals surface area contributed by atoms with Crippen LogP contribution in [0.2, 0.25) is 0 Å². The second-order valence-electron chi connectivity index (χ2n) is 3.29. The number of nitrogens with one attached hydrogen (secondary N) is 1. The zero-order chi connectivity index (χ0) is 10.8. The van der Waals surface area contributed by atoms with Crippen LogP contribution in [-0.4, -0.2) is 14.3 Å². The summed E-state index contributed by atoms with van der Waals surface area (Å²) in [5.74, 6) is 0. The van der Waals surface area contributed by atoms with E-state index in [2.05, 4.69) is 26.6 Å². The summed E-state index contributed by atoms with van der Waals surface area (Å²) < 4.78 is 3.95. The minimum Gasteiger partial charge on any atom is -0.353 e. The van der Waals surface area contributed by atoms with Gasteiger partial charge in [0.15, 0.2) is 0 Å². The summed E-state index contributed by atoms with van der Waals surface area (Å²) in [7, 11) is 0. The molecule has 0 fully saturated rings. The Morgan fingerprint density at radius 1 is 1.40 bits per heavy atom. The zero-order valence-corrected chi connectivity index (χ0v) is 10.4. The number of hydrogen-bond acceptors (Lipinski definition) is 6. The summed E-state index contributed by atoms with van der Waals surface area (Å²) in [6.45, 7) is 6.18. The maximum atomic E-state index is 4.41. The minimum absolute atomic E-state index is 0.240. The van der Waals surface area contributed by atoms with Crippen molar-refractivity contribution >= 4 is 28.0 Å². The van der Waals surface area contributed by atoms with Gasteiger partial charge in [0.1, 0.15) is 6.33 Å². The van der Waals surface area contributed by atoms with Gasteiger partial charge in [-0.25, -0.2) is 9.97 Å². The van der Waals surface area contributed by atoms with Crippen molar-refractivity contribution in [3.8, 4) is 0 Å². The second kappa shape index (κ2) is 4.24. The Kier molecular flexibility index (Phi) is 2.97. The van der Waals surface area contributed by atoms with Gasteiger partial charge in [-0.1, -0.05) is 0 Å². The van der Waals surface area contributed by atoms with Crippen molar-refractivity contribution in [2.24, 2.45) is 0 Å². The summed E-state index contributed by atoms with van der Waals surface area (Å²) in [5, 5.41) is 5.27. The van der Waals surface area contributed by atoms with E-state index in [-0.39, 0.29) is 6.04 Å². The molecule has 0 spiro atoms. The smallest absolute Gasteiger partial charge is 0.202 e. The average Bonchev–Trinajstić information content (AvgIpc) is 2.75. The first-order valence-corrected chi connectivity index (χ1v) is 6.23. The molecule has 0 aromatic carbocycles. The van der Waals surface area contributed by atoms with E-state index < -0.39 is 0 Å². The van der Waals surface area contributed by atoms with Gasteiger partial charge in [-0.05, 0) is 20.8 Å². The highest BCUT2D eigenvalue weighted by molar-refractivity contribution is 7.12. The Balaban J connectivity index is 2.14. The molecule has 4 nitrogen and oxygen atoms in total. The van der Waals surface area contributed by atoms with Crippen LogP contribution in [0.1, 0.15) is 28.5 Å². The molecule has 80 valence electrons. The van der Waals surface area contributed by atoms with E-state index in [0.29, 0.717) is 0 Å². The fourth-order valence-corrected chi connectivity index (χ4v) is 2.88. The Hall–Kier alpha value is -1.01. The van der Waals surface area contributed by atoms with Crippen molar-refractivity contribution in [1.29, 1.82) is 0 Å². The third-order valence-electron chi connectivity index (χ3n) is 2.03. The van der Waals surface area contributed by atoms with Gasteiger partial charge < -0.3 is 5.32 Å². The number of hydrogen-bond donors (Lipinski definition) is 1. The number of anilines is 1. The normalized spacial score (nSPS) is 12.7. The van der Waals surface area contributed by atoms with E-state index in [1.165, 1.54) is 16.4 Å². The SMILES string of the molecule is Cc1nc(C)c(C(C)Nc2ncns2)s1. The quantitative estimate of drug-likeness (QED) is 0.896. The summed E-state index contributed by atoms with van der Waals surface area (Å²) in [6, 6.07) is 0.240. The van der Waals surface area contributed by atoms with Crippen molar-refractivity contribution in [1.82, 2.24) is 14.3 Å². The highest BCUT2D eigenvalue weighted by Crippen LogP contribution is 2.27. The van der Waals surface area contributed by atoms with Crippen LogP contribution in [0.25, 0.3) is 0 Å². The van der Waals surface area contributed by atoms with Crippen molar-refractivity contribution in [2.45, 2.75) is 26.8 Å². The topological polar surface area (TPSA) is 50.7 Å². The van der Waals surface area contributed by atoms with Crippen LogP contribution in [0, 0.1) is 13.8 Å². The summed E-state index contributed by atoms with van der Waals surface area (Å²) in [6.07, 6.45) is 1.56. The number of thiazole rings is 1. The molecule has 0 saturated heterocycles. The summed E-state index contributed by atoms with van der Waals surface area (Å²) in [5.41, 5.74) is 1.10. The van der Waals surface area contributed by atoms with Crippen LogP contribution in [0.5, 0.6) is 0 Å². The van der Waals surface area contributed by atoms with Gasteiger partial charge in [-0.3, -0.25) is 0 Å². The molecule has 6 heteroatoms. The van der Waals surface area contributed by atoms with Crippen LogP contribution in [0.3, 0.4) is 0 Å². The molecule has 15 heavy (non-hydrogen) atoms. The van der Waals surface area contributed by atoms with Crippen LogP contribution in [0.4, 0.5) is 5.13 Å². The summed E-state index contributed by atoms with van der Waals surface area (Å²) in [4.78, 5) is 9.77. The van der Waals surface area contributed by atoms with E-state index >= 15 is 0 Å². The van der Waals surface area contributed by atoms with Crippen LogP contribution < -0.4 is 5.32 Å². The Morgan fingerprint density at radius 2 is 2.20 bits per heavy atom. The lowest BCUT2D eigenvalue weighted by Crippen LogP contribution is -2.05. The van der Waals surface area contributed by atoms with Gasteiger partial charge in [0, 0.05) is 16.4 Å². The molecular weight excluding hydrogens is 228 g/mol. The van der Waals surface area contributed by atoms with Gasteiger partial charge >= 0.3 is 0 Å². The molecular formula is C9H12N4S2. The Morgan fingerprint density at radius 3 is 2.73 bits per heavy atom. The first-order valence-electron chi connectivity index (χ1n) is 4.64. The zero-order valence-electron chi connectivity index (χ0n) is 8.81. The first kappa shape index (κ1) is 10.5. The van der Waals surface area contributed by atoms with Crippen molar-refractivity contribution in [3.63, 3.8) is 0 Å². The van der Waals surface area contributed by atoms with E-state index in [1.807, 2.05) is 13.8 Å². The van der Waals surface area contributed by atoms with Crippen molar-refractivity contribution in [2.75, 3.05) is 5.32 Å². The Bertz CT molecular complexity index is 435. The monoisotopic (exact) mass is 240 g/mol. The third-order valence-corrected chi connectivity index (χ3v) is 3.89. The predicted molar refractivity (Wildman–Crippen MR) is 63.5 cm³/mol. The molecule has 0 amide bonds. The van der Waals surface area contributed by atoms with E-state index in [4.69, 9.17) is 0 Å². The molecule has 0 bridgehead atoms. The van der Waals surface area contributed by atoms with Gasteiger partial charge in [0.05, 0.1) is 16.7 Å². The lowest BCUT2D eigenvalue weighted by Gasteiger charge is -2.10. The Labute approximate surface area is 96.6 Å². The molecule has 0 aliphatic rings. The molecule has 0 aliphatic carbocycles. The van der Waals surface area contributed by atoms with Gasteiger partial charge in [-0.2, -0.15) is 4.37 Å². The molecule has 2 aromatic heterocycles. The van der Waals surface area contributed by atoms with Gasteiger partial charge in [-0.15, -0.1) is 11.3 Å². The predicted octanol–water partition coefficient (Wildman–Crippen LogP) is 2.78. The maximum Gasteiger partial charge on any atom is 0.202 e. The van der Waals surface area contributed by atoms with E-state index in [1.54, 1.807) is 17.7 Å². The van der Waals surface area contributed by atoms with Crippen LogP contribution >= 0.6 is 22.9 Å². The number of aromatic nitrogens is 3. The van der Waals surface area contributed by atoms with Crippen LogP contribution in [-0.2, 0) is 0 Å². The number of aryl methyl sites for hydroxylation is 2. The number of rotatable bonds is 3. The molecule has 1 atom stereocenters. The lowest BCUT2D eigenvalue weighted by atomic mass is 10.2. The third kappa shape index (κ3) is 2.32. The van der Waals surface area contributed by atoms with Crippen molar-refractivity contribution in [3.05, 3.63) is 21.9 Å². The highest BCUT2D eigenvalue weighted by atomic mass is 32.1. The molecule has 2 heterocycles. The first-order chi connectivity index (χ1) is 7.16. The maximum absolute atomic E-state index is 4.41. The molecule has 2 rings (SSSR count). The van der Waals surface area contributed by atoms with Gasteiger partial charge in [0.25, 0.3) is 0 Å². The molecule has 2 aromatic rings. The standard InChI is InChI=1S/C9H12N4S2/c1-5-8(14-7(3)12-5)6(2)13-9-10-4-11-15-9/h4,6H,1-3H3,(H,10,11,13). The molecule has 0 radical (unpaired) electrons. The second-order valence-corrected chi connectivity index (χ2v) is 5.31. The fraction of sp³-hybridized carbons (Fsp3) is 0.444. The molecule has 0 aliphatic heterocycles. The van der Waals surface area contributed by atoms with Gasteiger partial charge in [0.2, 0.25) is 5.13 Å². The summed E-state index contributed by atoms with van der Waals surface area (Å²) >= 11 is 3.10. The van der Waals surface area contributed by atoms with Crippen LogP contribution in [0.15, 0.2) is 6.33 Å². The number of nitrogens with zero attached hydrogens (tertiary/aromatic N) is 3. The minimum atomic E-state index is 0.240. The molecule has 1 N–H and O–H groups in total. The molecule has 1 unspecified atom stereocenters. The van der Waals surface area contributed by atoms with Crippen molar-refractivity contribution < 1.29 is 0 Å². The molecule has 0 saturated carbocycles. The average molecular weight is 240 g/mol. The fourth-order valence-electron chi connectivity index (χ4n) is 1.44.